The number of hydrogen-bond donors (Lipinski definition) is 1. The van der Waals surface area contributed by atoms with Crippen LogP contribution in [0, 0.1) is 11.8 Å². The lowest BCUT2D eigenvalue weighted by atomic mass is 10.00. The van der Waals surface area contributed by atoms with E-state index in [1.54, 1.807) is 0 Å². The number of guanidine groups is 1. The highest BCUT2D eigenvalue weighted by Crippen LogP contribution is 2.16. The topological polar surface area (TPSA) is 68.2 Å². The molecule has 2 fully saturated rings. The molecule has 0 atom stereocenters. The monoisotopic (exact) mass is 435 g/mol. The van der Waals surface area contributed by atoms with E-state index in [-0.39, 0.29) is 11.8 Å². The Morgan fingerprint density at radius 3 is 2.10 bits per heavy atom. The predicted octanol–water partition coefficient (Wildman–Crippen LogP) is 2.96. The molecule has 2 saturated heterocycles. The molecule has 0 aromatic carbocycles. The number of unbranched alkanes of at least 4 members (excludes halogenated alkanes) is 2. The molecule has 0 bridgehead atoms. The highest BCUT2D eigenvalue weighted by molar-refractivity contribution is 5.80. The third-order valence-corrected chi connectivity index (χ3v) is 6.30. The van der Waals surface area contributed by atoms with Crippen molar-refractivity contribution >= 4 is 17.8 Å². The van der Waals surface area contributed by atoms with Crippen LogP contribution in [0.1, 0.15) is 72.6 Å². The summed E-state index contributed by atoms with van der Waals surface area (Å²) < 4.78 is 0. The van der Waals surface area contributed by atoms with Gasteiger partial charge in [-0.15, -0.1) is 0 Å². The molecule has 2 aliphatic rings. The largest absolute Gasteiger partial charge is 0.357 e. The zero-order chi connectivity index (χ0) is 22.6. The lowest BCUT2D eigenvalue weighted by molar-refractivity contribution is -0.140. The van der Waals surface area contributed by atoms with Crippen molar-refractivity contribution in [1.82, 2.24) is 20.0 Å². The molecule has 7 heteroatoms. The first-order valence-corrected chi connectivity index (χ1v) is 12.5. The molecule has 2 aliphatic heterocycles. The maximum absolute atomic E-state index is 12.5. The van der Waals surface area contributed by atoms with Crippen molar-refractivity contribution in [2.45, 2.75) is 72.6 Å². The fourth-order valence-electron chi connectivity index (χ4n) is 4.24. The molecule has 0 saturated carbocycles. The van der Waals surface area contributed by atoms with Crippen LogP contribution in [0.2, 0.25) is 0 Å². The van der Waals surface area contributed by atoms with E-state index in [0.717, 1.165) is 57.3 Å². The van der Waals surface area contributed by atoms with Crippen LogP contribution in [-0.4, -0.2) is 84.8 Å². The smallest absolute Gasteiger partial charge is 0.222 e. The number of rotatable bonds is 9. The highest BCUT2D eigenvalue weighted by atomic mass is 16.2. The fraction of sp³-hybridized carbons (Fsp3) is 0.875. The minimum Gasteiger partial charge on any atom is -0.357 e. The van der Waals surface area contributed by atoms with Crippen LogP contribution in [0.25, 0.3) is 0 Å². The van der Waals surface area contributed by atoms with Crippen LogP contribution in [0.15, 0.2) is 4.99 Å². The van der Waals surface area contributed by atoms with Gasteiger partial charge in [-0.3, -0.25) is 14.6 Å². The van der Waals surface area contributed by atoms with Crippen LogP contribution in [0.3, 0.4) is 0 Å². The molecule has 7 nitrogen and oxygen atoms in total. The molecule has 0 aliphatic carbocycles. The van der Waals surface area contributed by atoms with Gasteiger partial charge in [0.15, 0.2) is 5.96 Å². The SMILES string of the molecule is CCNC(=NCCCCCC(=O)N1CCN(C(=O)CC(C)C)CC1)N1CCC(C)CC1. The Kier molecular flexibility index (Phi) is 11.2. The van der Waals surface area contributed by atoms with Gasteiger partial charge in [0.1, 0.15) is 0 Å². The van der Waals surface area contributed by atoms with Crippen molar-refractivity contribution in [3.05, 3.63) is 0 Å². The van der Waals surface area contributed by atoms with Crippen LogP contribution in [0.4, 0.5) is 0 Å². The Hall–Kier alpha value is -1.79. The molecule has 2 heterocycles. The molecular formula is C24H45N5O2. The molecular weight excluding hydrogens is 390 g/mol. The van der Waals surface area contributed by atoms with Crippen LogP contribution in [0.5, 0.6) is 0 Å². The molecule has 0 radical (unpaired) electrons. The summed E-state index contributed by atoms with van der Waals surface area (Å²) in [6.07, 6.45) is 6.65. The predicted molar refractivity (Wildman–Crippen MR) is 127 cm³/mol. The zero-order valence-corrected chi connectivity index (χ0v) is 20.4. The highest BCUT2D eigenvalue weighted by Gasteiger charge is 2.24. The Morgan fingerprint density at radius 2 is 1.52 bits per heavy atom. The van der Waals surface area contributed by atoms with Crippen molar-refractivity contribution in [3.8, 4) is 0 Å². The summed E-state index contributed by atoms with van der Waals surface area (Å²) in [4.78, 5) is 35.7. The lowest BCUT2D eigenvalue weighted by Gasteiger charge is -2.35. The van der Waals surface area contributed by atoms with E-state index in [1.807, 2.05) is 9.80 Å². The first kappa shape index (κ1) is 25.5. The Morgan fingerprint density at radius 1 is 0.903 bits per heavy atom. The second kappa shape index (κ2) is 13.6. The number of likely N-dealkylation sites (tertiary alicyclic amines) is 1. The fourth-order valence-corrected chi connectivity index (χ4v) is 4.24. The van der Waals surface area contributed by atoms with Gasteiger partial charge in [-0.1, -0.05) is 27.2 Å². The van der Waals surface area contributed by atoms with Crippen LogP contribution < -0.4 is 5.32 Å². The van der Waals surface area contributed by atoms with Gasteiger partial charge in [-0.05, 0) is 44.4 Å². The van der Waals surface area contributed by atoms with Gasteiger partial charge in [0.05, 0.1) is 0 Å². The maximum atomic E-state index is 12.5. The van der Waals surface area contributed by atoms with E-state index in [2.05, 4.69) is 37.9 Å². The minimum atomic E-state index is 0.221. The molecule has 1 N–H and O–H groups in total. The van der Waals surface area contributed by atoms with Gasteiger partial charge < -0.3 is 20.0 Å². The molecule has 31 heavy (non-hydrogen) atoms. The Bertz CT molecular complexity index is 577. The van der Waals surface area contributed by atoms with E-state index in [1.165, 1.54) is 12.8 Å². The normalized spacial score (nSPS) is 18.6. The van der Waals surface area contributed by atoms with E-state index in [4.69, 9.17) is 4.99 Å². The van der Waals surface area contributed by atoms with Gasteiger partial charge in [-0.25, -0.2) is 0 Å². The molecule has 2 amide bonds. The summed E-state index contributed by atoms with van der Waals surface area (Å²) >= 11 is 0. The summed E-state index contributed by atoms with van der Waals surface area (Å²) in [7, 11) is 0. The van der Waals surface area contributed by atoms with E-state index in [9.17, 15) is 9.59 Å². The molecule has 0 spiro atoms. The van der Waals surface area contributed by atoms with Gasteiger partial charge in [0.2, 0.25) is 11.8 Å². The number of piperazine rings is 1. The summed E-state index contributed by atoms with van der Waals surface area (Å²) in [6, 6.07) is 0. The number of aliphatic imine (C=N–C) groups is 1. The number of hydrogen-bond acceptors (Lipinski definition) is 3. The second-order valence-electron chi connectivity index (χ2n) is 9.58. The van der Waals surface area contributed by atoms with Crippen molar-refractivity contribution in [3.63, 3.8) is 0 Å². The van der Waals surface area contributed by atoms with E-state index < -0.39 is 0 Å². The first-order chi connectivity index (χ1) is 14.9. The maximum Gasteiger partial charge on any atom is 0.222 e. The number of nitrogens with one attached hydrogen (secondary N) is 1. The Balaban J connectivity index is 1.61. The van der Waals surface area contributed by atoms with Crippen molar-refractivity contribution < 1.29 is 9.59 Å². The Labute approximate surface area is 189 Å². The van der Waals surface area contributed by atoms with Gasteiger partial charge in [0.25, 0.3) is 0 Å². The molecule has 0 aromatic heterocycles. The third kappa shape index (κ3) is 9.08. The number of amides is 2. The van der Waals surface area contributed by atoms with Crippen molar-refractivity contribution in [1.29, 1.82) is 0 Å². The van der Waals surface area contributed by atoms with Crippen LogP contribution >= 0.6 is 0 Å². The minimum absolute atomic E-state index is 0.221. The molecule has 178 valence electrons. The second-order valence-corrected chi connectivity index (χ2v) is 9.58. The van der Waals surface area contributed by atoms with Crippen molar-refractivity contribution in [2.24, 2.45) is 16.8 Å². The first-order valence-electron chi connectivity index (χ1n) is 12.5. The average Bonchev–Trinajstić information content (AvgIpc) is 2.75. The van der Waals surface area contributed by atoms with Crippen molar-refractivity contribution in [2.75, 3.05) is 52.4 Å². The summed E-state index contributed by atoms with van der Waals surface area (Å²) in [5.74, 6) is 2.71. The standard InChI is InChI=1S/C24H45N5O2/c1-5-25-24(29-13-10-21(4)11-14-29)26-12-8-6-7-9-22(30)27-15-17-28(18-16-27)23(31)19-20(2)3/h20-21H,5-19H2,1-4H3,(H,25,26). The molecule has 0 aromatic rings. The number of carbonyl (C=O) groups excluding carboxylic acids is 2. The van der Waals surface area contributed by atoms with Gasteiger partial charge in [0, 0.05) is 65.2 Å². The van der Waals surface area contributed by atoms with Gasteiger partial charge >= 0.3 is 0 Å². The summed E-state index contributed by atoms with van der Waals surface area (Å²) in [6.45, 7) is 15.2. The zero-order valence-electron chi connectivity index (χ0n) is 20.4. The third-order valence-electron chi connectivity index (χ3n) is 6.30. The van der Waals surface area contributed by atoms with Crippen LogP contribution in [-0.2, 0) is 9.59 Å². The van der Waals surface area contributed by atoms with E-state index in [0.29, 0.717) is 44.9 Å². The average molecular weight is 436 g/mol. The van der Waals surface area contributed by atoms with E-state index >= 15 is 0 Å². The number of carbonyl (C=O) groups is 2. The summed E-state index contributed by atoms with van der Waals surface area (Å²) in [5, 5.41) is 3.43. The number of piperidine rings is 1. The lowest BCUT2D eigenvalue weighted by Crippen LogP contribution is -2.50. The van der Waals surface area contributed by atoms with Gasteiger partial charge in [-0.2, -0.15) is 0 Å². The molecule has 0 unspecified atom stereocenters. The summed E-state index contributed by atoms with van der Waals surface area (Å²) in [5.41, 5.74) is 0. The quantitative estimate of drug-likeness (QED) is 0.343. The number of nitrogens with zero attached hydrogens (tertiary/aromatic N) is 4. The molecule has 2 rings (SSSR count).